The summed E-state index contributed by atoms with van der Waals surface area (Å²) in [5.41, 5.74) is 2.58. The molecule has 15 nitrogen and oxygen atoms in total. The lowest BCUT2D eigenvalue weighted by atomic mass is 9.65. The number of ether oxygens (including phenoxy) is 5. The molecule has 4 heterocycles. The second-order valence-corrected chi connectivity index (χ2v) is 17.3. The number of rotatable bonds is 13. The van der Waals surface area contributed by atoms with Gasteiger partial charge in [0.05, 0.1) is 61.6 Å². The molecule has 1 aromatic heterocycles. The van der Waals surface area contributed by atoms with Gasteiger partial charge in [0.1, 0.15) is 48.1 Å². The molecule has 0 bridgehead atoms. The number of imidazole rings is 1. The van der Waals surface area contributed by atoms with E-state index in [2.05, 4.69) is 22.1 Å². The molecule has 6 unspecified atom stereocenters. The summed E-state index contributed by atoms with van der Waals surface area (Å²) in [6.07, 6.45) is -1.97. The Labute approximate surface area is 409 Å². The van der Waals surface area contributed by atoms with Crippen LogP contribution < -0.4 is 19.7 Å². The fourth-order valence-corrected chi connectivity index (χ4v) is 10.4. The van der Waals surface area contributed by atoms with Crippen LogP contribution in [0.3, 0.4) is 0 Å². The molecule has 2 saturated heterocycles. The quantitative estimate of drug-likeness (QED) is 0.0607. The lowest BCUT2D eigenvalue weighted by Gasteiger charge is -2.46. The van der Waals surface area contributed by atoms with Gasteiger partial charge >= 0.3 is 12.1 Å². The van der Waals surface area contributed by atoms with E-state index in [1.54, 1.807) is 61.7 Å². The van der Waals surface area contributed by atoms with E-state index in [1.165, 1.54) is 7.11 Å². The van der Waals surface area contributed by atoms with Crippen molar-refractivity contribution in [3.05, 3.63) is 191 Å². The molecule has 3 aliphatic rings. The van der Waals surface area contributed by atoms with Gasteiger partial charge in [0.25, 0.3) is 0 Å². The van der Waals surface area contributed by atoms with Crippen molar-refractivity contribution >= 4 is 40.6 Å². The summed E-state index contributed by atoms with van der Waals surface area (Å²) < 4.78 is 29.2. The number of carbonyl (C=O) groups excluding carboxylic acids is 4. The van der Waals surface area contributed by atoms with Gasteiger partial charge in [-0.05, 0) is 77.4 Å². The number of carbonyl (C=O) groups is 4. The van der Waals surface area contributed by atoms with Crippen LogP contribution in [-0.2, 0) is 40.6 Å². The van der Waals surface area contributed by atoms with Gasteiger partial charge in [-0.1, -0.05) is 103 Å². The Hall–Kier alpha value is -8.29. The molecule has 6 aromatic carbocycles. The molecule has 0 radical (unpaired) electrons. The number of anilines is 1. The molecule has 1 spiro atoms. The second-order valence-electron chi connectivity index (χ2n) is 17.3. The smallest absolute Gasteiger partial charge is 0.421 e. The third-order valence-electron chi connectivity index (χ3n) is 13.3. The molecule has 358 valence electrons. The number of esters is 1. The molecular formula is C56H49N5O10. The molecular weight excluding hydrogens is 903 g/mol. The van der Waals surface area contributed by atoms with Crippen LogP contribution in [-0.4, -0.2) is 90.5 Å². The Morgan fingerprint density at radius 1 is 0.789 bits per heavy atom. The van der Waals surface area contributed by atoms with Crippen LogP contribution in [0.15, 0.2) is 152 Å². The molecule has 10 rings (SSSR count). The Balaban J connectivity index is 1.26. The lowest BCUT2D eigenvalue weighted by molar-refractivity contribution is -0.178. The third kappa shape index (κ3) is 8.41. The fourth-order valence-electron chi connectivity index (χ4n) is 10.4. The largest absolute Gasteiger partial charge is 0.497 e. The lowest BCUT2D eigenvalue weighted by Crippen LogP contribution is -2.55. The maximum Gasteiger partial charge on any atom is 0.421 e. The van der Waals surface area contributed by atoms with E-state index in [0.717, 1.165) is 16.0 Å². The van der Waals surface area contributed by atoms with Crippen LogP contribution >= 0.6 is 0 Å². The van der Waals surface area contributed by atoms with Gasteiger partial charge in [-0.15, -0.1) is 0 Å². The number of benzene rings is 6. The number of amides is 3. The predicted molar refractivity (Wildman–Crippen MR) is 261 cm³/mol. The van der Waals surface area contributed by atoms with Crippen molar-refractivity contribution in [2.75, 3.05) is 45.5 Å². The van der Waals surface area contributed by atoms with Crippen LogP contribution in [0, 0.1) is 17.8 Å². The standard InChI is InChI=1S/C56H49N5O10/c1-67-31-32-70-55(66)60-44-28-25-36(22-21-35-23-26-39(68-2)27-24-35)33-41(44)56(54(60)65)47(52(63)57-34-46-58-42-18-10-11-19-43(42)59-46)49-53(64)71-50(38-15-7-4-8-16-38)48(37-13-5-3-6-14-37)61(49)51(56)40-17-9-12-20-45(40)69-30-29-62/h3-20,23-28,33,47-51,62H,29-32,34H2,1-2H3,(H,57,63)(H,58,59). The van der Waals surface area contributed by atoms with Gasteiger partial charge in [-0.25, -0.2) is 14.7 Å². The highest BCUT2D eigenvalue weighted by Crippen LogP contribution is 2.66. The average Bonchev–Trinajstić information content (AvgIpc) is 4.05. The van der Waals surface area contributed by atoms with Crippen molar-refractivity contribution in [1.29, 1.82) is 0 Å². The first-order chi connectivity index (χ1) is 34.8. The number of aliphatic hydroxyl groups excluding tert-OH is 1. The molecule has 15 heteroatoms. The normalized spacial score (nSPS) is 21.2. The number of imide groups is 1. The van der Waals surface area contributed by atoms with Crippen LogP contribution in [0.25, 0.3) is 11.0 Å². The van der Waals surface area contributed by atoms with Gasteiger partial charge in [-0.3, -0.25) is 19.3 Å². The van der Waals surface area contributed by atoms with E-state index in [1.807, 2.05) is 102 Å². The summed E-state index contributed by atoms with van der Waals surface area (Å²) >= 11 is 0. The first-order valence-electron chi connectivity index (χ1n) is 23.2. The van der Waals surface area contributed by atoms with Crippen LogP contribution in [0.4, 0.5) is 10.5 Å². The summed E-state index contributed by atoms with van der Waals surface area (Å²) in [6.45, 7) is -0.721. The summed E-state index contributed by atoms with van der Waals surface area (Å²) in [5.74, 6) is 3.92. The molecule has 6 atom stereocenters. The first kappa shape index (κ1) is 46.4. The predicted octanol–water partition coefficient (Wildman–Crippen LogP) is 7.11. The van der Waals surface area contributed by atoms with E-state index in [0.29, 0.717) is 39.3 Å². The number of para-hydroxylation sites is 3. The minimum atomic E-state index is -2.13. The molecule has 3 aliphatic heterocycles. The van der Waals surface area contributed by atoms with Crippen LogP contribution in [0.1, 0.15) is 57.4 Å². The number of morpholine rings is 1. The number of hydrogen-bond acceptors (Lipinski definition) is 12. The average molecular weight is 952 g/mol. The molecule has 3 N–H and O–H groups in total. The Morgan fingerprint density at radius 3 is 2.21 bits per heavy atom. The highest BCUT2D eigenvalue weighted by molar-refractivity contribution is 6.23. The molecule has 2 fully saturated rings. The highest BCUT2D eigenvalue weighted by atomic mass is 16.6. The summed E-state index contributed by atoms with van der Waals surface area (Å²) in [7, 11) is 3.04. The Morgan fingerprint density at radius 2 is 1.48 bits per heavy atom. The minimum absolute atomic E-state index is 0.0397. The number of methoxy groups -OCH3 is 2. The summed E-state index contributed by atoms with van der Waals surface area (Å²) in [5, 5.41) is 13.2. The number of nitrogens with one attached hydrogen (secondary N) is 2. The number of aliphatic hydroxyl groups is 1. The number of hydrogen-bond donors (Lipinski definition) is 3. The number of nitrogens with zero attached hydrogens (tertiary/aromatic N) is 3. The highest BCUT2D eigenvalue weighted by Gasteiger charge is 2.76. The maximum atomic E-state index is 16.6. The first-order valence-corrected chi connectivity index (χ1v) is 23.2. The zero-order valence-corrected chi connectivity index (χ0v) is 38.8. The molecule has 71 heavy (non-hydrogen) atoms. The van der Waals surface area contributed by atoms with Crippen molar-refractivity contribution in [2.45, 2.75) is 36.2 Å². The minimum Gasteiger partial charge on any atom is -0.497 e. The van der Waals surface area contributed by atoms with Crippen molar-refractivity contribution in [3.8, 4) is 23.3 Å². The maximum absolute atomic E-state index is 16.6. The van der Waals surface area contributed by atoms with Crippen molar-refractivity contribution < 1.29 is 48.0 Å². The second kappa shape index (κ2) is 20.0. The number of aromatic amines is 1. The number of H-pyrrole nitrogens is 1. The molecule has 0 aliphatic carbocycles. The van der Waals surface area contributed by atoms with Gasteiger partial charge in [-0.2, -0.15) is 0 Å². The Bertz CT molecular complexity index is 3140. The van der Waals surface area contributed by atoms with E-state index >= 15 is 14.4 Å². The van der Waals surface area contributed by atoms with Crippen molar-refractivity contribution in [3.63, 3.8) is 0 Å². The zero-order valence-electron chi connectivity index (χ0n) is 38.8. The number of aromatic nitrogens is 2. The van der Waals surface area contributed by atoms with E-state index < -0.39 is 59.4 Å². The van der Waals surface area contributed by atoms with Crippen LogP contribution in [0.2, 0.25) is 0 Å². The van der Waals surface area contributed by atoms with E-state index in [4.69, 9.17) is 28.7 Å². The van der Waals surface area contributed by atoms with Gasteiger partial charge in [0, 0.05) is 23.8 Å². The molecule has 3 amide bonds. The third-order valence-corrected chi connectivity index (χ3v) is 13.3. The van der Waals surface area contributed by atoms with Gasteiger partial charge < -0.3 is 39.1 Å². The topological polar surface area (TPSA) is 182 Å². The van der Waals surface area contributed by atoms with Crippen molar-refractivity contribution in [1.82, 2.24) is 20.2 Å². The monoisotopic (exact) mass is 951 g/mol. The number of cyclic esters (lactones) is 1. The SMILES string of the molecule is COCCOC(=O)N1C(=O)C2(c3cc(C#Cc4ccc(OC)cc4)ccc31)C(C(=O)NCc1nc3ccccc3[nH]1)C1C(=O)OC(c3ccccc3)C(c3ccccc3)N1C2c1ccccc1OCCO. The van der Waals surface area contributed by atoms with Crippen molar-refractivity contribution in [2.24, 2.45) is 5.92 Å². The number of fused-ring (bicyclic) bond motifs is 4. The molecule has 7 aromatic rings. The molecule has 0 saturated carbocycles. The van der Waals surface area contributed by atoms with Crippen LogP contribution in [0.5, 0.6) is 11.5 Å². The summed E-state index contributed by atoms with van der Waals surface area (Å²) in [4.78, 5) is 73.4. The zero-order chi connectivity index (χ0) is 49.1. The van der Waals surface area contributed by atoms with E-state index in [-0.39, 0.29) is 50.0 Å². The van der Waals surface area contributed by atoms with Gasteiger partial charge in [0.2, 0.25) is 11.8 Å². The van der Waals surface area contributed by atoms with Gasteiger partial charge in [0.15, 0.2) is 0 Å². The summed E-state index contributed by atoms with van der Waals surface area (Å²) in [6, 6.07) is 41.9. The fraction of sp³-hybridized carbons (Fsp3) is 0.232. The Kier molecular flexibility index (Phi) is 13.1. The van der Waals surface area contributed by atoms with E-state index in [9.17, 15) is 9.90 Å².